The Morgan fingerprint density at radius 1 is 1.20 bits per heavy atom. The van der Waals surface area contributed by atoms with Gasteiger partial charge in [0.2, 0.25) is 0 Å². The van der Waals surface area contributed by atoms with Crippen molar-refractivity contribution in [1.29, 1.82) is 0 Å². The number of sulfone groups is 1. The van der Waals surface area contributed by atoms with Crippen molar-refractivity contribution in [1.82, 2.24) is 10.3 Å². The van der Waals surface area contributed by atoms with Gasteiger partial charge in [-0.15, -0.1) is 0 Å². The standard InChI is InChI=1S/C20H19N3O6S/c1-30(27,28)17-12-15(11-16(13-17)23(25)26)20(24)22-9-4-10-29-18-7-2-5-14-6-3-8-21-19(14)18/h2-3,5-8,11-13H,4,9-10H2,1H3,(H,22,24). The molecule has 1 heterocycles. The summed E-state index contributed by atoms with van der Waals surface area (Å²) < 4.78 is 29.2. The van der Waals surface area contributed by atoms with Gasteiger partial charge in [0.15, 0.2) is 9.84 Å². The van der Waals surface area contributed by atoms with E-state index in [1.165, 1.54) is 0 Å². The Bertz CT molecular complexity index is 1200. The van der Waals surface area contributed by atoms with Gasteiger partial charge in [-0.25, -0.2) is 8.42 Å². The Labute approximate surface area is 172 Å². The Balaban J connectivity index is 1.59. The average molecular weight is 429 g/mol. The van der Waals surface area contributed by atoms with Crippen molar-refractivity contribution in [2.75, 3.05) is 19.4 Å². The molecule has 0 unspecified atom stereocenters. The van der Waals surface area contributed by atoms with Crippen molar-refractivity contribution >= 4 is 32.3 Å². The SMILES string of the molecule is CS(=O)(=O)c1cc(C(=O)NCCCOc2cccc3cccnc23)cc([N+](=O)[O-])c1. The summed E-state index contributed by atoms with van der Waals surface area (Å²) in [7, 11) is -3.70. The first-order valence-electron chi connectivity index (χ1n) is 9.00. The topological polar surface area (TPSA) is 128 Å². The van der Waals surface area contributed by atoms with Crippen LogP contribution in [0.3, 0.4) is 0 Å². The number of benzene rings is 2. The molecule has 9 nitrogen and oxygen atoms in total. The number of hydrogen-bond acceptors (Lipinski definition) is 7. The molecule has 2 aromatic carbocycles. The number of nitro groups is 1. The summed E-state index contributed by atoms with van der Waals surface area (Å²) in [5.74, 6) is 0.0336. The van der Waals surface area contributed by atoms with E-state index in [0.29, 0.717) is 18.8 Å². The van der Waals surface area contributed by atoms with Crippen molar-refractivity contribution in [3.63, 3.8) is 0 Å². The molecule has 0 fully saturated rings. The largest absolute Gasteiger partial charge is 0.491 e. The number of pyridine rings is 1. The number of nitrogens with zero attached hydrogens (tertiary/aromatic N) is 2. The minimum Gasteiger partial charge on any atom is -0.491 e. The highest BCUT2D eigenvalue weighted by molar-refractivity contribution is 7.90. The summed E-state index contributed by atoms with van der Waals surface area (Å²) in [6, 6.07) is 12.5. The van der Waals surface area contributed by atoms with Crippen molar-refractivity contribution in [2.45, 2.75) is 11.3 Å². The molecule has 3 aromatic rings. The quantitative estimate of drug-likeness (QED) is 0.331. The Hall–Kier alpha value is -3.53. The molecule has 0 spiro atoms. The maximum atomic E-state index is 12.3. The van der Waals surface area contributed by atoms with E-state index in [0.717, 1.165) is 35.4 Å². The fourth-order valence-electron chi connectivity index (χ4n) is 2.78. The zero-order valence-corrected chi connectivity index (χ0v) is 16.9. The molecule has 0 radical (unpaired) electrons. The second-order valence-corrected chi connectivity index (χ2v) is 8.55. The van der Waals surface area contributed by atoms with E-state index in [1.54, 1.807) is 6.20 Å². The van der Waals surface area contributed by atoms with Crippen molar-refractivity contribution in [3.05, 3.63) is 70.4 Å². The molecule has 0 aliphatic carbocycles. The van der Waals surface area contributed by atoms with Gasteiger partial charge in [-0.05, 0) is 24.6 Å². The first-order chi connectivity index (χ1) is 14.3. The third-order valence-electron chi connectivity index (χ3n) is 4.25. The normalized spacial score (nSPS) is 11.2. The second kappa shape index (κ2) is 8.87. The van der Waals surface area contributed by atoms with Crippen LogP contribution in [0.25, 0.3) is 10.9 Å². The number of fused-ring (bicyclic) bond motifs is 1. The van der Waals surface area contributed by atoms with Gasteiger partial charge in [0, 0.05) is 42.1 Å². The smallest absolute Gasteiger partial charge is 0.271 e. The minimum absolute atomic E-state index is 0.0937. The zero-order valence-electron chi connectivity index (χ0n) is 16.1. The molecular weight excluding hydrogens is 410 g/mol. The fourth-order valence-corrected chi connectivity index (χ4v) is 3.46. The number of nitrogens with one attached hydrogen (secondary N) is 1. The van der Waals surface area contributed by atoms with Crippen molar-refractivity contribution in [3.8, 4) is 5.75 Å². The lowest BCUT2D eigenvalue weighted by Crippen LogP contribution is -2.26. The van der Waals surface area contributed by atoms with Crippen LogP contribution >= 0.6 is 0 Å². The van der Waals surface area contributed by atoms with Gasteiger partial charge in [-0.2, -0.15) is 0 Å². The summed E-state index contributed by atoms with van der Waals surface area (Å²) in [6.45, 7) is 0.563. The summed E-state index contributed by atoms with van der Waals surface area (Å²) in [4.78, 5) is 26.6. The molecular formula is C20H19N3O6S. The number of non-ortho nitro benzene ring substituents is 1. The predicted octanol–water partition coefficient (Wildman–Crippen LogP) is 2.75. The third-order valence-corrected chi connectivity index (χ3v) is 5.34. The number of carbonyl (C=O) groups excluding carboxylic acids is 1. The number of aromatic nitrogens is 1. The van der Waals surface area contributed by atoms with Crippen LogP contribution in [0, 0.1) is 10.1 Å². The number of rotatable bonds is 8. The molecule has 0 atom stereocenters. The van der Waals surface area contributed by atoms with Gasteiger partial charge in [-0.3, -0.25) is 19.9 Å². The van der Waals surface area contributed by atoms with Crippen LogP contribution in [-0.2, 0) is 9.84 Å². The summed E-state index contributed by atoms with van der Waals surface area (Å²) in [5, 5.41) is 14.6. The number of carbonyl (C=O) groups is 1. The first-order valence-corrected chi connectivity index (χ1v) is 10.9. The summed E-state index contributed by atoms with van der Waals surface area (Å²) in [6.07, 6.45) is 3.08. The lowest BCUT2D eigenvalue weighted by Gasteiger charge is -2.10. The number of nitro benzene ring substituents is 1. The molecule has 1 aromatic heterocycles. The Kier molecular flexibility index (Phi) is 6.26. The molecule has 1 amide bonds. The van der Waals surface area contributed by atoms with Gasteiger partial charge in [-0.1, -0.05) is 18.2 Å². The molecule has 3 rings (SSSR count). The second-order valence-electron chi connectivity index (χ2n) is 6.53. The van der Waals surface area contributed by atoms with E-state index in [9.17, 15) is 23.3 Å². The van der Waals surface area contributed by atoms with E-state index in [-0.39, 0.29) is 17.0 Å². The Morgan fingerprint density at radius 3 is 2.70 bits per heavy atom. The highest BCUT2D eigenvalue weighted by Crippen LogP contribution is 2.23. The highest BCUT2D eigenvalue weighted by Gasteiger charge is 2.19. The third kappa shape index (κ3) is 5.09. The maximum absolute atomic E-state index is 12.3. The van der Waals surface area contributed by atoms with E-state index >= 15 is 0 Å². The van der Waals surface area contributed by atoms with E-state index < -0.39 is 26.4 Å². The van der Waals surface area contributed by atoms with Gasteiger partial charge in [0.05, 0.1) is 16.4 Å². The molecule has 156 valence electrons. The molecule has 0 saturated carbocycles. The number of hydrogen-bond donors (Lipinski definition) is 1. The number of para-hydroxylation sites is 1. The van der Waals surface area contributed by atoms with Crippen LogP contribution in [0.5, 0.6) is 5.75 Å². The van der Waals surface area contributed by atoms with Crippen LogP contribution in [0.1, 0.15) is 16.8 Å². The van der Waals surface area contributed by atoms with E-state index in [1.807, 2.05) is 30.3 Å². The Morgan fingerprint density at radius 2 is 1.97 bits per heavy atom. The fraction of sp³-hybridized carbons (Fsp3) is 0.200. The highest BCUT2D eigenvalue weighted by atomic mass is 32.2. The average Bonchev–Trinajstić information content (AvgIpc) is 2.72. The molecule has 0 saturated heterocycles. The molecule has 30 heavy (non-hydrogen) atoms. The number of amides is 1. The van der Waals surface area contributed by atoms with Crippen LogP contribution in [0.15, 0.2) is 59.6 Å². The zero-order chi connectivity index (χ0) is 21.7. The molecule has 0 bridgehead atoms. The van der Waals surface area contributed by atoms with Gasteiger partial charge in [0.25, 0.3) is 11.6 Å². The van der Waals surface area contributed by atoms with Gasteiger partial charge >= 0.3 is 0 Å². The van der Waals surface area contributed by atoms with Crippen LogP contribution in [0.2, 0.25) is 0 Å². The van der Waals surface area contributed by atoms with E-state index in [2.05, 4.69) is 10.3 Å². The van der Waals surface area contributed by atoms with Gasteiger partial charge < -0.3 is 10.1 Å². The molecule has 0 aliphatic heterocycles. The van der Waals surface area contributed by atoms with Crippen LogP contribution < -0.4 is 10.1 Å². The van der Waals surface area contributed by atoms with Crippen molar-refractivity contribution < 1.29 is 22.9 Å². The van der Waals surface area contributed by atoms with Crippen LogP contribution in [0.4, 0.5) is 5.69 Å². The lowest BCUT2D eigenvalue weighted by atomic mass is 10.2. The monoisotopic (exact) mass is 429 g/mol. The van der Waals surface area contributed by atoms with Crippen molar-refractivity contribution in [2.24, 2.45) is 0 Å². The van der Waals surface area contributed by atoms with E-state index in [4.69, 9.17) is 4.74 Å². The summed E-state index contributed by atoms with van der Waals surface area (Å²) >= 11 is 0. The predicted molar refractivity (Wildman–Crippen MR) is 110 cm³/mol. The maximum Gasteiger partial charge on any atom is 0.271 e. The molecule has 0 aliphatic rings. The summed E-state index contributed by atoms with van der Waals surface area (Å²) in [5.41, 5.74) is 0.188. The first kappa shape index (κ1) is 21.2. The van der Waals surface area contributed by atoms with Crippen LogP contribution in [-0.4, -0.2) is 43.6 Å². The van der Waals surface area contributed by atoms with Gasteiger partial charge in [0.1, 0.15) is 11.3 Å². The number of ether oxygens (including phenoxy) is 1. The minimum atomic E-state index is -3.70. The molecule has 1 N–H and O–H groups in total. The molecule has 10 heteroatoms. The lowest BCUT2D eigenvalue weighted by molar-refractivity contribution is -0.385.